The van der Waals surface area contributed by atoms with Crippen LogP contribution < -0.4 is 10.1 Å². The van der Waals surface area contributed by atoms with E-state index in [-0.39, 0.29) is 35.7 Å². The number of nitrogens with zero attached hydrogens (tertiary/aromatic N) is 2. The molecule has 0 spiro atoms. The van der Waals surface area contributed by atoms with Crippen molar-refractivity contribution in [1.29, 1.82) is 0 Å². The van der Waals surface area contributed by atoms with E-state index in [1.165, 1.54) is 19.1 Å². The van der Waals surface area contributed by atoms with Gasteiger partial charge in [0.1, 0.15) is 18.2 Å². The molecule has 0 aromatic heterocycles. The molecule has 1 N–H and O–H groups in total. The van der Waals surface area contributed by atoms with Gasteiger partial charge in [-0.25, -0.2) is 4.39 Å². The summed E-state index contributed by atoms with van der Waals surface area (Å²) in [5, 5.41) is 2.73. The molecule has 3 rings (SSSR count). The van der Waals surface area contributed by atoms with Crippen molar-refractivity contribution >= 4 is 17.5 Å². The van der Waals surface area contributed by atoms with Crippen LogP contribution in [0, 0.1) is 11.7 Å². The number of nitrogens with one attached hydrogen (secondary N) is 1. The maximum atomic E-state index is 13.4. The highest BCUT2D eigenvalue weighted by Crippen LogP contribution is 2.27. The highest BCUT2D eigenvalue weighted by molar-refractivity contribution is 5.99. The molecular formula is C26H34FN3O4. The number of ether oxygens (including phenoxy) is 2. The Hall–Kier alpha value is -2.97. The molecule has 184 valence electrons. The van der Waals surface area contributed by atoms with Crippen molar-refractivity contribution in [2.24, 2.45) is 5.92 Å². The summed E-state index contributed by atoms with van der Waals surface area (Å²) in [4.78, 5) is 28.7. The molecule has 2 aromatic rings. The van der Waals surface area contributed by atoms with Crippen molar-refractivity contribution in [3.63, 3.8) is 0 Å². The number of amides is 2. The van der Waals surface area contributed by atoms with Crippen LogP contribution in [-0.2, 0) is 16.1 Å². The zero-order valence-corrected chi connectivity index (χ0v) is 20.5. The predicted molar refractivity (Wildman–Crippen MR) is 129 cm³/mol. The number of carbonyl (C=O) groups excluding carboxylic acids is 2. The fourth-order valence-corrected chi connectivity index (χ4v) is 4.18. The van der Waals surface area contributed by atoms with Gasteiger partial charge in [0.05, 0.1) is 11.7 Å². The van der Waals surface area contributed by atoms with Crippen molar-refractivity contribution in [3.05, 3.63) is 59.4 Å². The van der Waals surface area contributed by atoms with Gasteiger partial charge in [-0.2, -0.15) is 0 Å². The van der Waals surface area contributed by atoms with Crippen molar-refractivity contribution in [1.82, 2.24) is 9.80 Å². The third-order valence-corrected chi connectivity index (χ3v) is 6.19. The lowest BCUT2D eigenvalue weighted by Gasteiger charge is -2.36. The van der Waals surface area contributed by atoms with Crippen LogP contribution in [0.4, 0.5) is 10.1 Å². The van der Waals surface area contributed by atoms with Gasteiger partial charge in [0, 0.05) is 52.4 Å². The largest absolute Gasteiger partial charge is 0.491 e. The van der Waals surface area contributed by atoms with E-state index >= 15 is 0 Å². The van der Waals surface area contributed by atoms with Gasteiger partial charge in [-0.1, -0.05) is 19.1 Å². The Kier molecular flexibility index (Phi) is 8.63. The summed E-state index contributed by atoms with van der Waals surface area (Å²) in [6, 6.07) is 11.6. The molecule has 1 aliphatic heterocycles. The van der Waals surface area contributed by atoms with E-state index in [1.54, 1.807) is 49.4 Å². The first-order chi connectivity index (χ1) is 16.2. The Morgan fingerprint density at radius 1 is 1.18 bits per heavy atom. The molecule has 0 saturated carbocycles. The number of likely N-dealkylation sites (N-methyl/N-ethyl adjacent to an activating group) is 1. The van der Waals surface area contributed by atoms with E-state index in [4.69, 9.17) is 9.47 Å². The van der Waals surface area contributed by atoms with Crippen molar-refractivity contribution in [2.75, 3.05) is 39.2 Å². The van der Waals surface area contributed by atoms with Crippen LogP contribution in [0.2, 0.25) is 0 Å². The number of fused-ring (bicyclic) bond motifs is 1. The van der Waals surface area contributed by atoms with Gasteiger partial charge in [-0.3, -0.25) is 14.5 Å². The summed E-state index contributed by atoms with van der Waals surface area (Å²) in [5.41, 5.74) is 1.93. The van der Waals surface area contributed by atoms with E-state index in [0.29, 0.717) is 36.7 Å². The van der Waals surface area contributed by atoms with E-state index in [0.717, 1.165) is 12.1 Å². The van der Waals surface area contributed by atoms with Gasteiger partial charge in [0.25, 0.3) is 5.91 Å². The molecule has 3 atom stereocenters. The van der Waals surface area contributed by atoms with Crippen LogP contribution in [0.1, 0.15) is 36.7 Å². The van der Waals surface area contributed by atoms with E-state index < -0.39 is 0 Å². The molecule has 1 aliphatic rings. The van der Waals surface area contributed by atoms with Crippen LogP contribution >= 0.6 is 0 Å². The molecule has 34 heavy (non-hydrogen) atoms. The Morgan fingerprint density at radius 2 is 1.88 bits per heavy atom. The average Bonchev–Trinajstić information content (AvgIpc) is 2.80. The van der Waals surface area contributed by atoms with Crippen LogP contribution in [0.5, 0.6) is 5.75 Å². The molecule has 0 unspecified atom stereocenters. The van der Waals surface area contributed by atoms with Gasteiger partial charge in [-0.15, -0.1) is 0 Å². The number of benzene rings is 2. The van der Waals surface area contributed by atoms with E-state index in [9.17, 15) is 14.0 Å². The lowest BCUT2D eigenvalue weighted by atomic mass is 10.0. The smallest absolute Gasteiger partial charge is 0.257 e. The molecular weight excluding hydrogens is 437 g/mol. The third-order valence-electron chi connectivity index (χ3n) is 6.19. The van der Waals surface area contributed by atoms with Gasteiger partial charge in [-0.05, 0) is 48.7 Å². The molecule has 2 aromatic carbocycles. The second kappa shape index (κ2) is 11.4. The van der Waals surface area contributed by atoms with Gasteiger partial charge in [0.15, 0.2) is 0 Å². The maximum absolute atomic E-state index is 13.4. The molecule has 0 bridgehead atoms. The average molecular weight is 472 g/mol. The lowest BCUT2D eigenvalue weighted by Crippen LogP contribution is -2.46. The Labute approximate surface area is 200 Å². The highest BCUT2D eigenvalue weighted by atomic mass is 19.1. The standard InChI is InChI=1S/C26H34FN3O4/c1-17-13-30(14-20-6-8-21(27)9-7-20)18(2)16-34-24-11-10-22(28-19(3)31)12-23(24)26(32)29(4)15-25(17)33-5/h6-12,17-18,25H,13-16H2,1-5H3,(H,28,31)/t17-,18+,25+/m1/s1. The predicted octanol–water partition coefficient (Wildman–Crippen LogP) is 3.79. The minimum atomic E-state index is -0.260. The molecule has 2 amide bonds. The number of halogens is 1. The molecule has 0 saturated heterocycles. The fraction of sp³-hybridized carbons (Fsp3) is 0.462. The number of hydrogen-bond acceptors (Lipinski definition) is 5. The second-order valence-corrected chi connectivity index (χ2v) is 9.05. The van der Waals surface area contributed by atoms with Crippen molar-refractivity contribution < 1.29 is 23.5 Å². The molecule has 7 nitrogen and oxygen atoms in total. The summed E-state index contributed by atoms with van der Waals surface area (Å²) in [5.74, 6) is -0.0968. The van der Waals surface area contributed by atoms with Crippen LogP contribution in [0.3, 0.4) is 0 Å². The summed E-state index contributed by atoms with van der Waals surface area (Å²) in [6.07, 6.45) is -0.181. The van der Waals surface area contributed by atoms with Crippen molar-refractivity contribution in [3.8, 4) is 5.75 Å². The molecule has 1 heterocycles. The van der Waals surface area contributed by atoms with Gasteiger partial charge >= 0.3 is 0 Å². The number of carbonyl (C=O) groups is 2. The zero-order valence-electron chi connectivity index (χ0n) is 20.5. The van der Waals surface area contributed by atoms with Gasteiger partial charge in [0.2, 0.25) is 5.91 Å². The Bertz CT molecular complexity index is 998. The van der Waals surface area contributed by atoms with Gasteiger partial charge < -0.3 is 19.7 Å². The Morgan fingerprint density at radius 3 is 2.53 bits per heavy atom. The van der Waals surface area contributed by atoms with Crippen LogP contribution in [0.25, 0.3) is 0 Å². The molecule has 0 aliphatic carbocycles. The Balaban J connectivity index is 1.93. The monoisotopic (exact) mass is 471 g/mol. The van der Waals surface area contributed by atoms with Crippen molar-refractivity contribution in [2.45, 2.75) is 39.5 Å². The third kappa shape index (κ3) is 6.55. The number of hydrogen-bond donors (Lipinski definition) is 1. The maximum Gasteiger partial charge on any atom is 0.257 e. The quantitative estimate of drug-likeness (QED) is 0.735. The first-order valence-electron chi connectivity index (χ1n) is 11.5. The summed E-state index contributed by atoms with van der Waals surface area (Å²) >= 11 is 0. The van der Waals surface area contributed by atoms with E-state index in [2.05, 4.69) is 24.1 Å². The molecule has 0 radical (unpaired) electrons. The summed E-state index contributed by atoms with van der Waals surface area (Å²) < 4.78 is 25.3. The zero-order chi connectivity index (χ0) is 24.8. The number of anilines is 1. The first-order valence-corrected chi connectivity index (χ1v) is 11.5. The topological polar surface area (TPSA) is 71.1 Å². The normalized spacial score (nSPS) is 22.2. The highest BCUT2D eigenvalue weighted by Gasteiger charge is 2.28. The minimum Gasteiger partial charge on any atom is -0.491 e. The second-order valence-electron chi connectivity index (χ2n) is 9.05. The van der Waals surface area contributed by atoms with Crippen LogP contribution in [-0.4, -0.2) is 67.6 Å². The lowest BCUT2D eigenvalue weighted by molar-refractivity contribution is -0.114. The number of methoxy groups -OCH3 is 1. The minimum absolute atomic E-state index is 0.0140. The first kappa shape index (κ1) is 25.6. The molecule has 8 heteroatoms. The summed E-state index contributed by atoms with van der Waals surface area (Å²) in [7, 11) is 3.39. The molecule has 0 fully saturated rings. The summed E-state index contributed by atoms with van der Waals surface area (Å²) in [6.45, 7) is 7.71. The van der Waals surface area contributed by atoms with E-state index in [1.807, 2.05) is 0 Å². The number of rotatable bonds is 4. The van der Waals surface area contributed by atoms with Crippen LogP contribution in [0.15, 0.2) is 42.5 Å². The fourth-order valence-electron chi connectivity index (χ4n) is 4.18. The SMILES string of the molecule is CO[C@H]1CN(C)C(=O)c2cc(NC(C)=O)ccc2OC[C@H](C)N(Cc2ccc(F)cc2)C[C@H]1C.